The SMILES string of the molecule is Cc1ccc2c(c1)C(C)(C)C(=O)N2CCN1CC=C(c2c[nH]c3cc(F)ccc23)CC1. The molecule has 0 fully saturated rings. The molecule has 0 radical (unpaired) electrons. The summed E-state index contributed by atoms with van der Waals surface area (Å²) in [5.74, 6) is -0.0339. The summed E-state index contributed by atoms with van der Waals surface area (Å²) in [5.41, 5.74) is 6.21. The molecule has 0 spiro atoms. The molecule has 5 heteroatoms. The standard InChI is InChI=1S/C26H28FN3O/c1-17-4-7-24-22(14-17)26(2,3)25(31)30(24)13-12-29-10-8-18(9-11-29)21-16-28-23-15-19(27)5-6-20(21)23/h4-8,14-16,28H,9-13H2,1-3H3. The summed E-state index contributed by atoms with van der Waals surface area (Å²) in [7, 11) is 0. The van der Waals surface area contributed by atoms with Crippen LogP contribution in [0.4, 0.5) is 10.1 Å². The summed E-state index contributed by atoms with van der Waals surface area (Å²) >= 11 is 0. The van der Waals surface area contributed by atoms with Crippen LogP contribution in [0.2, 0.25) is 0 Å². The van der Waals surface area contributed by atoms with Gasteiger partial charge in [0, 0.05) is 54.5 Å². The fourth-order valence-electron chi connectivity index (χ4n) is 4.93. The number of nitrogens with one attached hydrogen (secondary N) is 1. The molecule has 3 aromatic rings. The highest BCUT2D eigenvalue weighted by Crippen LogP contribution is 2.41. The van der Waals surface area contributed by atoms with Gasteiger partial charge >= 0.3 is 0 Å². The van der Waals surface area contributed by atoms with Gasteiger partial charge in [0.15, 0.2) is 0 Å². The molecule has 2 aliphatic heterocycles. The van der Waals surface area contributed by atoms with Crippen molar-refractivity contribution in [3.05, 3.63) is 71.2 Å². The molecule has 0 saturated heterocycles. The third-order valence-corrected chi connectivity index (χ3v) is 6.82. The summed E-state index contributed by atoms with van der Waals surface area (Å²) in [6.07, 6.45) is 5.19. The largest absolute Gasteiger partial charge is 0.360 e. The number of halogens is 1. The van der Waals surface area contributed by atoms with Gasteiger partial charge in [-0.2, -0.15) is 0 Å². The minimum atomic E-state index is -0.467. The number of aryl methyl sites for hydroxylation is 1. The Morgan fingerprint density at radius 2 is 1.97 bits per heavy atom. The molecule has 31 heavy (non-hydrogen) atoms. The second-order valence-electron chi connectivity index (χ2n) is 9.27. The van der Waals surface area contributed by atoms with Gasteiger partial charge in [-0.25, -0.2) is 4.39 Å². The van der Waals surface area contributed by atoms with Crippen molar-refractivity contribution in [2.45, 2.75) is 32.6 Å². The predicted octanol–water partition coefficient (Wildman–Crippen LogP) is 5.03. The van der Waals surface area contributed by atoms with Crippen LogP contribution < -0.4 is 4.90 Å². The van der Waals surface area contributed by atoms with Crippen molar-refractivity contribution in [3.8, 4) is 0 Å². The van der Waals surface area contributed by atoms with E-state index in [9.17, 15) is 9.18 Å². The maximum absolute atomic E-state index is 13.5. The first kappa shape index (κ1) is 20.0. The van der Waals surface area contributed by atoms with Crippen molar-refractivity contribution in [2.75, 3.05) is 31.1 Å². The van der Waals surface area contributed by atoms with Gasteiger partial charge in [-0.3, -0.25) is 9.69 Å². The lowest BCUT2D eigenvalue weighted by molar-refractivity contribution is -0.122. The number of aromatic amines is 1. The predicted molar refractivity (Wildman–Crippen MR) is 124 cm³/mol. The monoisotopic (exact) mass is 417 g/mol. The van der Waals surface area contributed by atoms with Crippen molar-refractivity contribution >= 4 is 28.1 Å². The van der Waals surface area contributed by atoms with E-state index in [4.69, 9.17) is 0 Å². The van der Waals surface area contributed by atoms with E-state index in [0.29, 0.717) is 6.54 Å². The molecule has 1 amide bonds. The van der Waals surface area contributed by atoms with E-state index in [2.05, 4.69) is 41.1 Å². The number of hydrogen-bond donors (Lipinski definition) is 1. The lowest BCUT2D eigenvalue weighted by Gasteiger charge is -2.29. The number of nitrogens with zero attached hydrogens (tertiary/aromatic N) is 2. The Morgan fingerprint density at radius 1 is 1.13 bits per heavy atom. The van der Waals surface area contributed by atoms with Crippen LogP contribution in [-0.2, 0) is 10.2 Å². The maximum Gasteiger partial charge on any atom is 0.237 e. The molecule has 1 aromatic heterocycles. The minimum Gasteiger partial charge on any atom is -0.360 e. The summed E-state index contributed by atoms with van der Waals surface area (Å²) in [5, 5.41) is 1.07. The normalized spacial score (nSPS) is 18.5. The van der Waals surface area contributed by atoms with Crippen molar-refractivity contribution in [1.82, 2.24) is 9.88 Å². The number of fused-ring (bicyclic) bond motifs is 2. The van der Waals surface area contributed by atoms with Gasteiger partial charge in [0.05, 0.1) is 5.41 Å². The number of H-pyrrole nitrogens is 1. The lowest BCUT2D eigenvalue weighted by atomic mass is 9.85. The fourth-order valence-corrected chi connectivity index (χ4v) is 4.93. The number of anilines is 1. The summed E-state index contributed by atoms with van der Waals surface area (Å²) in [6.45, 7) is 9.48. The smallest absolute Gasteiger partial charge is 0.237 e. The zero-order chi connectivity index (χ0) is 21.8. The number of aromatic nitrogens is 1. The molecule has 0 unspecified atom stereocenters. The van der Waals surface area contributed by atoms with Crippen LogP contribution in [0.3, 0.4) is 0 Å². The first-order valence-electron chi connectivity index (χ1n) is 11.0. The second kappa shape index (κ2) is 7.34. The van der Waals surface area contributed by atoms with Crippen LogP contribution in [0.25, 0.3) is 16.5 Å². The van der Waals surface area contributed by atoms with Crippen LogP contribution in [0.5, 0.6) is 0 Å². The number of rotatable bonds is 4. The van der Waals surface area contributed by atoms with Crippen LogP contribution in [-0.4, -0.2) is 42.0 Å². The van der Waals surface area contributed by atoms with Gasteiger partial charge in [0.25, 0.3) is 0 Å². The average molecular weight is 418 g/mol. The van der Waals surface area contributed by atoms with Crippen LogP contribution in [0.15, 0.2) is 48.7 Å². The molecule has 160 valence electrons. The summed E-state index contributed by atoms with van der Waals surface area (Å²) in [4.78, 5) is 20.6. The van der Waals surface area contributed by atoms with Crippen molar-refractivity contribution in [3.63, 3.8) is 0 Å². The first-order chi connectivity index (χ1) is 14.8. The third kappa shape index (κ3) is 3.37. The molecule has 0 aliphatic carbocycles. The Morgan fingerprint density at radius 3 is 2.74 bits per heavy atom. The lowest BCUT2D eigenvalue weighted by Crippen LogP contribution is -2.42. The van der Waals surface area contributed by atoms with Gasteiger partial charge in [-0.15, -0.1) is 0 Å². The Hall–Kier alpha value is -2.92. The Labute approximate surface area is 182 Å². The van der Waals surface area contributed by atoms with Crippen molar-refractivity contribution < 1.29 is 9.18 Å². The second-order valence-corrected chi connectivity index (χ2v) is 9.27. The van der Waals surface area contributed by atoms with E-state index in [0.717, 1.165) is 53.8 Å². The van der Waals surface area contributed by atoms with E-state index >= 15 is 0 Å². The molecule has 5 rings (SSSR count). The molecule has 2 aromatic carbocycles. The number of carbonyl (C=O) groups excluding carboxylic acids is 1. The number of carbonyl (C=O) groups is 1. The van der Waals surface area contributed by atoms with Crippen molar-refractivity contribution in [1.29, 1.82) is 0 Å². The molecule has 2 aliphatic rings. The van der Waals surface area contributed by atoms with Crippen molar-refractivity contribution in [2.24, 2.45) is 0 Å². The molecule has 1 N–H and O–H groups in total. The highest BCUT2D eigenvalue weighted by atomic mass is 19.1. The third-order valence-electron chi connectivity index (χ3n) is 6.82. The number of amides is 1. The van der Waals surface area contributed by atoms with Crippen LogP contribution in [0.1, 0.15) is 37.0 Å². The van der Waals surface area contributed by atoms with Gasteiger partial charge in [0.1, 0.15) is 5.82 Å². The van der Waals surface area contributed by atoms with E-state index in [1.165, 1.54) is 17.2 Å². The Balaban J connectivity index is 1.28. The Bertz CT molecular complexity index is 1210. The zero-order valence-electron chi connectivity index (χ0n) is 18.3. The Kier molecular flexibility index (Phi) is 4.74. The zero-order valence-corrected chi connectivity index (χ0v) is 18.3. The van der Waals surface area contributed by atoms with Gasteiger partial charge < -0.3 is 9.88 Å². The van der Waals surface area contributed by atoms with Gasteiger partial charge in [-0.05, 0) is 62.6 Å². The topological polar surface area (TPSA) is 39.3 Å². The highest BCUT2D eigenvalue weighted by molar-refractivity contribution is 6.07. The number of hydrogen-bond acceptors (Lipinski definition) is 2. The molecule has 0 bridgehead atoms. The molecule has 4 nitrogen and oxygen atoms in total. The molecule has 0 saturated carbocycles. The quantitative estimate of drug-likeness (QED) is 0.647. The van der Waals surface area contributed by atoms with E-state index in [1.54, 1.807) is 6.07 Å². The van der Waals surface area contributed by atoms with E-state index < -0.39 is 5.41 Å². The minimum absolute atomic E-state index is 0.187. The van der Waals surface area contributed by atoms with E-state index in [-0.39, 0.29) is 11.7 Å². The van der Waals surface area contributed by atoms with Crippen LogP contribution in [0, 0.1) is 12.7 Å². The highest BCUT2D eigenvalue weighted by Gasteiger charge is 2.43. The molecule has 0 atom stereocenters. The van der Waals surface area contributed by atoms with Crippen LogP contribution >= 0.6 is 0 Å². The van der Waals surface area contributed by atoms with E-state index in [1.807, 2.05) is 31.0 Å². The maximum atomic E-state index is 13.5. The average Bonchev–Trinajstić information content (AvgIpc) is 3.24. The number of benzene rings is 2. The summed E-state index contributed by atoms with van der Waals surface area (Å²) < 4.78 is 13.5. The van der Waals surface area contributed by atoms with Gasteiger partial charge in [0.2, 0.25) is 5.91 Å². The molecule has 3 heterocycles. The van der Waals surface area contributed by atoms with Gasteiger partial charge in [-0.1, -0.05) is 23.8 Å². The first-order valence-corrected chi connectivity index (χ1v) is 11.0. The summed E-state index contributed by atoms with van der Waals surface area (Å²) in [6, 6.07) is 11.2. The molecular weight excluding hydrogens is 389 g/mol. The fraction of sp³-hybridized carbons (Fsp3) is 0.346. The molecular formula is C26H28FN3O.